The fourth-order valence-electron chi connectivity index (χ4n) is 1.86. The van der Waals surface area contributed by atoms with Gasteiger partial charge in [0.1, 0.15) is 11.5 Å². The van der Waals surface area contributed by atoms with Crippen molar-refractivity contribution in [3.05, 3.63) is 63.7 Å². The number of nitro benzene ring substituents is 1. The van der Waals surface area contributed by atoms with Crippen molar-refractivity contribution in [3.63, 3.8) is 0 Å². The molecule has 0 aliphatic carbocycles. The van der Waals surface area contributed by atoms with Gasteiger partial charge in [-0.05, 0) is 42.8 Å². The molecule has 0 spiro atoms. The number of hydrogen-bond acceptors (Lipinski definition) is 4. The highest BCUT2D eigenvalue weighted by Crippen LogP contribution is 2.25. The lowest BCUT2D eigenvalue weighted by Gasteiger charge is -2.09. The number of aryl methyl sites for hydroxylation is 1. The smallest absolute Gasteiger partial charge is 0.269 e. The summed E-state index contributed by atoms with van der Waals surface area (Å²) in [4.78, 5) is 21.7. The van der Waals surface area contributed by atoms with E-state index in [9.17, 15) is 14.9 Å². The monoisotopic (exact) mass is 286 g/mol. The molecule has 0 saturated heterocycles. The Balaban J connectivity index is 2.18. The molecule has 6 heteroatoms. The molecule has 21 heavy (non-hydrogen) atoms. The van der Waals surface area contributed by atoms with Crippen molar-refractivity contribution in [2.45, 2.75) is 6.92 Å². The van der Waals surface area contributed by atoms with Crippen LogP contribution in [0.15, 0.2) is 42.5 Å². The first-order chi connectivity index (χ1) is 10.0. The zero-order valence-corrected chi connectivity index (χ0v) is 11.6. The van der Waals surface area contributed by atoms with E-state index in [-0.39, 0.29) is 11.6 Å². The van der Waals surface area contributed by atoms with Crippen LogP contribution in [0.5, 0.6) is 11.5 Å². The van der Waals surface area contributed by atoms with E-state index >= 15 is 0 Å². The average molecular weight is 286 g/mol. The number of ether oxygens (including phenoxy) is 1. The molecule has 0 fully saturated rings. The van der Waals surface area contributed by atoms with Gasteiger partial charge in [-0.15, -0.1) is 0 Å². The molecule has 0 aliphatic heterocycles. The van der Waals surface area contributed by atoms with Crippen molar-refractivity contribution in [1.82, 2.24) is 5.32 Å². The van der Waals surface area contributed by atoms with Crippen LogP contribution < -0.4 is 10.1 Å². The number of carbonyl (C=O) groups is 1. The number of nitro groups is 1. The van der Waals surface area contributed by atoms with E-state index < -0.39 is 4.92 Å². The Morgan fingerprint density at radius 2 is 1.76 bits per heavy atom. The van der Waals surface area contributed by atoms with E-state index in [1.165, 1.54) is 24.3 Å². The van der Waals surface area contributed by atoms with Gasteiger partial charge < -0.3 is 10.1 Å². The van der Waals surface area contributed by atoms with E-state index in [1.807, 2.05) is 6.92 Å². The van der Waals surface area contributed by atoms with Crippen molar-refractivity contribution in [3.8, 4) is 11.5 Å². The van der Waals surface area contributed by atoms with Crippen LogP contribution in [-0.4, -0.2) is 17.9 Å². The molecular formula is C15H14N2O4. The second kappa shape index (κ2) is 6.04. The second-order valence-electron chi connectivity index (χ2n) is 4.41. The summed E-state index contributed by atoms with van der Waals surface area (Å²) in [5.41, 5.74) is 1.37. The standard InChI is InChI=1S/C15H14N2O4/c1-10-9-13(7-8-14(10)15(18)16-2)21-12-5-3-11(4-6-12)17(19)20/h3-9H,1-2H3,(H,16,18). The van der Waals surface area contributed by atoms with Gasteiger partial charge in [0.15, 0.2) is 0 Å². The number of hydrogen-bond donors (Lipinski definition) is 1. The quantitative estimate of drug-likeness (QED) is 0.691. The Morgan fingerprint density at radius 1 is 1.14 bits per heavy atom. The number of non-ortho nitro benzene ring substituents is 1. The predicted molar refractivity (Wildman–Crippen MR) is 77.7 cm³/mol. The summed E-state index contributed by atoms with van der Waals surface area (Å²) in [6.45, 7) is 1.81. The lowest BCUT2D eigenvalue weighted by molar-refractivity contribution is -0.384. The van der Waals surface area contributed by atoms with Crippen molar-refractivity contribution in [1.29, 1.82) is 0 Å². The molecule has 0 aliphatic rings. The first-order valence-corrected chi connectivity index (χ1v) is 6.26. The third-order valence-corrected chi connectivity index (χ3v) is 2.95. The minimum atomic E-state index is -0.466. The van der Waals surface area contributed by atoms with Gasteiger partial charge in [-0.25, -0.2) is 0 Å². The van der Waals surface area contributed by atoms with Crippen LogP contribution in [0, 0.1) is 17.0 Å². The van der Waals surface area contributed by atoms with Gasteiger partial charge in [0, 0.05) is 24.7 Å². The normalized spacial score (nSPS) is 10.0. The van der Waals surface area contributed by atoms with Crippen LogP contribution in [0.2, 0.25) is 0 Å². The highest BCUT2D eigenvalue weighted by molar-refractivity contribution is 5.95. The first-order valence-electron chi connectivity index (χ1n) is 6.26. The maximum atomic E-state index is 11.6. The molecule has 1 N–H and O–H groups in total. The predicted octanol–water partition coefficient (Wildman–Crippen LogP) is 3.06. The van der Waals surface area contributed by atoms with Crippen molar-refractivity contribution >= 4 is 11.6 Å². The number of rotatable bonds is 4. The Labute approximate surface area is 121 Å². The molecule has 0 aromatic heterocycles. The first kappa shape index (κ1) is 14.5. The van der Waals surface area contributed by atoms with E-state index in [0.29, 0.717) is 17.1 Å². The highest BCUT2D eigenvalue weighted by atomic mass is 16.6. The van der Waals surface area contributed by atoms with Crippen LogP contribution in [-0.2, 0) is 0 Å². The van der Waals surface area contributed by atoms with Crippen molar-refractivity contribution in [2.75, 3.05) is 7.05 Å². The average Bonchev–Trinajstić information content (AvgIpc) is 2.47. The summed E-state index contributed by atoms with van der Waals surface area (Å²) in [5.74, 6) is 0.899. The van der Waals surface area contributed by atoms with Crippen LogP contribution in [0.25, 0.3) is 0 Å². The van der Waals surface area contributed by atoms with Gasteiger partial charge in [0.05, 0.1) is 4.92 Å². The second-order valence-corrected chi connectivity index (χ2v) is 4.41. The minimum Gasteiger partial charge on any atom is -0.457 e. The molecule has 0 radical (unpaired) electrons. The number of carbonyl (C=O) groups excluding carboxylic acids is 1. The number of nitrogens with one attached hydrogen (secondary N) is 1. The molecule has 6 nitrogen and oxygen atoms in total. The summed E-state index contributed by atoms with van der Waals surface area (Å²) in [6, 6.07) is 10.9. The van der Waals surface area contributed by atoms with E-state index in [0.717, 1.165) is 5.56 Å². The number of benzene rings is 2. The molecule has 2 rings (SSSR count). The van der Waals surface area contributed by atoms with Crippen molar-refractivity contribution in [2.24, 2.45) is 0 Å². The zero-order valence-electron chi connectivity index (χ0n) is 11.6. The van der Waals surface area contributed by atoms with Gasteiger partial charge in [-0.3, -0.25) is 14.9 Å². The van der Waals surface area contributed by atoms with Crippen LogP contribution in [0.3, 0.4) is 0 Å². The van der Waals surface area contributed by atoms with Gasteiger partial charge in [0.2, 0.25) is 0 Å². The molecule has 2 aromatic carbocycles. The zero-order chi connectivity index (χ0) is 15.4. The van der Waals surface area contributed by atoms with Crippen LogP contribution >= 0.6 is 0 Å². The van der Waals surface area contributed by atoms with E-state index in [2.05, 4.69) is 5.32 Å². The van der Waals surface area contributed by atoms with Crippen LogP contribution in [0.4, 0.5) is 5.69 Å². The van der Waals surface area contributed by atoms with E-state index in [1.54, 1.807) is 25.2 Å². The molecule has 0 saturated carbocycles. The molecular weight excluding hydrogens is 272 g/mol. The Hall–Kier alpha value is -2.89. The molecule has 0 heterocycles. The van der Waals surface area contributed by atoms with Gasteiger partial charge in [-0.2, -0.15) is 0 Å². The maximum Gasteiger partial charge on any atom is 0.269 e. The van der Waals surface area contributed by atoms with Crippen molar-refractivity contribution < 1.29 is 14.5 Å². The molecule has 2 aromatic rings. The minimum absolute atomic E-state index is 0.00787. The summed E-state index contributed by atoms with van der Waals surface area (Å²) in [7, 11) is 1.57. The number of amides is 1. The van der Waals surface area contributed by atoms with Gasteiger partial charge in [-0.1, -0.05) is 0 Å². The third kappa shape index (κ3) is 3.36. The summed E-state index contributed by atoms with van der Waals surface area (Å²) < 4.78 is 5.61. The topological polar surface area (TPSA) is 81.5 Å². The fourth-order valence-corrected chi connectivity index (χ4v) is 1.86. The summed E-state index contributed by atoms with van der Waals surface area (Å²) in [5, 5.41) is 13.1. The molecule has 1 amide bonds. The Morgan fingerprint density at radius 3 is 2.29 bits per heavy atom. The fraction of sp³-hybridized carbons (Fsp3) is 0.133. The summed E-state index contributed by atoms with van der Waals surface area (Å²) >= 11 is 0. The Bertz CT molecular complexity index is 681. The third-order valence-electron chi connectivity index (χ3n) is 2.95. The van der Waals surface area contributed by atoms with E-state index in [4.69, 9.17) is 4.74 Å². The lowest BCUT2D eigenvalue weighted by Crippen LogP contribution is -2.18. The maximum absolute atomic E-state index is 11.6. The van der Waals surface area contributed by atoms with Gasteiger partial charge >= 0.3 is 0 Å². The lowest BCUT2D eigenvalue weighted by atomic mass is 10.1. The largest absolute Gasteiger partial charge is 0.457 e. The Kier molecular flexibility index (Phi) is 4.18. The summed E-state index contributed by atoms with van der Waals surface area (Å²) in [6.07, 6.45) is 0. The van der Waals surface area contributed by atoms with Gasteiger partial charge in [0.25, 0.3) is 11.6 Å². The number of nitrogens with zero attached hydrogens (tertiary/aromatic N) is 1. The molecule has 0 bridgehead atoms. The van der Waals surface area contributed by atoms with Crippen LogP contribution in [0.1, 0.15) is 15.9 Å². The molecule has 0 atom stereocenters. The SMILES string of the molecule is CNC(=O)c1ccc(Oc2ccc([N+](=O)[O-])cc2)cc1C. The highest BCUT2D eigenvalue weighted by Gasteiger charge is 2.09. The molecule has 108 valence electrons. The molecule has 0 unspecified atom stereocenters.